The lowest BCUT2D eigenvalue weighted by molar-refractivity contribution is 0.404. The van der Waals surface area contributed by atoms with Crippen molar-refractivity contribution in [2.45, 2.75) is 26.3 Å². The van der Waals surface area contributed by atoms with Crippen LogP contribution in [0.1, 0.15) is 35.5 Å². The Morgan fingerprint density at radius 2 is 2.25 bits per heavy atom. The zero-order valence-corrected chi connectivity index (χ0v) is 13.4. The second-order valence-electron chi connectivity index (χ2n) is 4.50. The first kappa shape index (κ1) is 15.2. The molecule has 1 unspecified atom stereocenters. The maximum atomic E-state index is 6.14. The number of halogens is 1. The molecule has 1 atom stereocenters. The van der Waals surface area contributed by atoms with E-state index in [-0.39, 0.29) is 6.04 Å². The van der Waals surface area contributed by atoms with Crippen LogP contribution in [0.5, 0.6) is 5.75 Å². The van der Waals surface area contributed by atoms with Crippen LogP contribution in [0.4, 0.5) is 0 Å². The molecule has 0 saturated carbocycles. The molecule has 1 N–H and O–H groups in total. The zero-order chi connectivity index (χ0) is 14.5. The maximum Gasteiger partial charge on any atom is 0.124 e. The van der Waals surface area contributed by atoms with Gasteiger partial charge in [-0.2, -0.15) is 0 Å². The van der Waals surface area contributed by atoms with Crippen molar-refractivity contribution in [3.63, 3.8) is 0 Å². The quantitative estimate of drug-likeness (QED) is 0.885. The summed E-state index contributed by atoms with van der Waals surface area (Å²) < 4.78 is 9.50. The molecular weight excluding hydrogens is 294 g/mol. The predicted molar refractivity (Wildman–Crippen MR) is 82.8 cm³/mol. The molecule has 0 aliphatic rings. The Balaban J connectivity index is 2.46. The molecule has 0 aliphatic heterocycles. The van der Waals surface area contributed by atoms with E-state index >= 15 is 0 Å². The smallest absolute Gasteiger partial charge is 0.124 e. The Kier molecular flexibility index (Phi) is 5.34. The molecule has 0 bridgehead atoms. The van der Waals surface area contributed by atoms with Crippen molar-refractivity contribution in [3.05, 3.63) is 39.4 Å². The van der Waals surface area contributed by atoms with Crippen molar-refractivity contribution in [1.82, 2.24) is 14.9 Å². The molecule has 0 aliphatic carbocycles. The van der Waals surface area contributed by atoms with E-state index in [1.54, 1.807) is 7.11 Å². The van der Waals surface area contributed by atoms with Gasteiger partial charge in [-0.1, -0.05) is 23.0 Å². The monoisotopic (exact) mass is 311 g/mol. The maximum absolute atomic E-state index is 6.14. The zero-order valence-electron chi connectivity index (χ0n) is 11.8. The van der Waals surface area contributed by atoms with Crippen molar-refractivity contribution in [2.75, 3.05) is 13.7 Å². The molecular formula is C14H18ClN3OS. The van der Waals surface area contributed by atoms with Crippen molar-refractivity contribution >= 4 is 23.1 Å². The molecule has 0 saturated heterocycles. The SMILES string of the molecule is CCCNC(c1cc(Cl)ccc1OC)c1snnc1C. The second-order valence-corrected chi connectivity index (χ2v) is 5.72. The molecule has 20 heavy (non-hydrogen) atoms. The Morgan fingerprint density at radius 1 is 1.45 bits per heavy atom. The van der Waals surface area contributed by atoms with E-state index in [4.69, 9.17) is 16.3 Å². The number of methoxy groups -OCH3 is 1. The number of aryl methyl sites for hydroxylation is 1. The van der Waals surface area contributed by atoms with Gasteiger partial charge in [-0.3, -0.25) is 0 Å². The number of ether oxygens (including phenoxy) is 1. The fourth-order valence-electron chi connectivity index (χ4n) is 2.07. The lowest BCUT2D eigenvalue weighted by Crippen LogP contribution is -2.23. The van der Waals surface area contributed by atoms with E-state index in [1.807, 2.05) is 25.1 Å². The van der Waals surface area contributed by atoms with Gasteiger partial charge in [0.2, 0.25) is 0 Å². The van der Waals surface area contributed by atoms with Crippen LogP contribution in [0.3, 0.4) is 0 Å². The molecule has 6 heteroatoms. The van der Waals surface area contributed by atoms with Crippen molar-refractivity contribution in [3.8, 4) is 5.75 Å². The predicted octanol–water partition coefficient (Wildman–Crippen LogP) is 3.60. The average molecular weight is 312 g/mol. The molecule has 2 rings (SSSR count). The molecule has 0 radical (unpaired) electrons. The number of hydrogen-bond acceptors (Lipinski definition) is 5. The Labute approximate surface area is 128 Å². The van der Waals surface area contributed by atoms with Gasteiger partial charge in [0.15, 0.2) is 0 Å². The highest BCUT2D eigenvalue weighted by atomic mass is 35.5. The summed E-state index contributed by atoms with van der Waals surface area (Å²) in [7, 11) is 1.67. The van der Waals surface area contributed by atoms with Gasteiger partial charge in [0.25, 0.3) is 0 Å². The van der Waals surface area contributed by atoms with E-state index in [2.05, 4.69) is 21.8 Å². The lowest BCUT2D eigenvalue weighted by Gasteiger charge is -2.20. The van der Waals surface area contributed by atoms with E-state index in [0.29, 0.717) is 5.02 Å². The van der Waals surface area contributed by atoms with Crippen LogP contribution in [0.25, 0.3) is 0 Å². The molecule has 2 aromatic rings. The standard InChI is InChI=1S/C14H18ClN3OS/c1-4-7-16-13(14-9(2)17-18-20-14)11-8-10(15)5-6-12(11)19-3/h5-6,8,13,16H,4,7H2,1-3H3. The summed E-state index contributed by atoms with van der Waals surface area (Å²) in [5.41, 5.74) is 1.95. The van der Waals surface area contributed by atoms with E-state index in [0.717, 1.165) is 34.8 Å². The summed E-state index contributed by atoms with van der Waals surface area (Å²) in [4.78, 5) is 1.10. The van der Waals surface area contributed by atoms with Gasteiger partial charge in [-0.15, -0.1) is 5.10 Å². The topological polar surface area (TPSA) is 47.0 Å². The number of rotatable bonds is 6. The minimum Gasteiger partial charge on any atom is -0.496 e. The Hall–Kier alpha value is -1.17. The van der Waals surface area contributed by atoms with Gasteiger partial charge in [0.1, 0.15) is 5.75 Å². The molecule has 0 spiro atoms. The molecule has 1 aromatic carbocycles. The third-order valence-corrected chi connectivity index (χ3v) is 4.18. The first-order valence-electron chi connectivity index (χ1n) is 6.53. The summed E-state index contributed by atoms with van der Waals surface area (Å²) in [6.07, 6.45) is 1.05. The number of aromatic nitrogens is 2. The van der Waals surface area contributed by atoms with Crippen molar-refractivity contribution in [2.24, 2.45) is 0 Å². The van der Waals surface area contributed by atoms with Crippen LogP contribution in [-0.4, -0.2) is 23.2 Å². The van der Waals surface area contributed by atoms with Crippen LogP contribution in [0.15, 0.2) is 18.2 Å². The highest BCUT2D eigenvalue weighted by molar-refractivity contribution is 7.05. The second kappa shape index (κ2) is 7.02. The van der Waals surface area contributed by atoms with Crippen LogP contribution < -0.4 is 10.1 Å². The third kappa shape index (κ3) is 3.29. The fourth-order valence-corrected chi connectivity index (χ4v) is 2.99. The fraction of sp³-hybridized carbons (Fsp3) is 0.429. The van der Waals surface area contributed by atoms with E-state index in [1.165, 1.54) is 11.5 Å². The van der Waals surface area contributed by atoms with Gasteiger partial charge in [0, 0.05) is 10.6 Å². The summed E-state index contributed by atoms with van der Waals surface area (Å²) in [5.74, 6) is 0.816. The number of hydrogen-bond donors (Lipinski definition) is 1. The minimum atomic E-state index is 0.00333. The summed E-state index contributed by atoms with van der Waals surface area (Å²) in [6, 6.07) is 5.66. The van der Waals surface area contributed by atoms with E-state index < -0.39 is 0 Å². The molecule has 1 aromatic heterocycles. The first-order valence-corrected chi connectivity index (χ1v) is 7.68. The summed E-state index contributed by atoms with van der Waals surface area (Å²) in [6.45, 7) is 5.01. The lowest BCUT2D eigenvalue weighted by atomic mass is 10.0. The highest BCUT2D eigenvalue weighted by Crippen LogP contribution is 2.34. The molecule has 1 heterocycles. The Bertz CT molecular complexity index is 573. The van der Waals surface area contributed by atoms with E-state index in [9.17, 15) is 0 Å². The van der Waals surface area contributed by atoms with Crippen LogP contribution in [0, 0.1) is 6.92 Å². The van der Waals surface area contributed by atoms with Crippen LogP contribution >= 0.6 is 23.1 Å². The summed E-state index contributed by atoms with van der Waals surface area (Å²) in [5, 5.41) is 8.32. The first-order chi connectivity index (χ1) is 9.67. The molecule has 0 fully saturated rings. The molecule has 4 nitrogen and oxygen atoms in total. The Morgan fingerprint density at radius 3 is 2.85 bits per heavy atom. The number of nitrogens with one attached hydrogen (secondary N) is 1. The molecule has 108 valence electrons. The highest BCUT2D eigenvalue weighted by Gasteiger charge is 2.22. The van der Waals surface area contributed by atoms with Crippen LogP contribution in [-0.2, 0) is 0 Å². The third-order valence-electron chi connectivity index (χ3n) is 3.05. The van der Waals surface area contributed by atoms with Gasteiger partial charge in [0.05, 0.1) is 23.7 Å². The van der Waals surface area contributed by atoms with Crippen molar-refractivity contribution < 1.29 is 4.74 Å². The number of nitrogens with zero attached hydrogens (tertiary/aromatic N) is 2. The summed E-state index contributed by atoms with van der Waals surface area (Å²) >= 11 is 7.55. The minimum absolute atomic E-state index is 0.00333. The van der Waals surface area contributed by atoms with Gasteiger partial charge < -0.3 is 10.1 Å². The normalized spacial score (nSPS) is 12.4. The van der Waals surface area contributed by atoms with Crippen molar-refractivity contribution in [1.29, 1.82) is 0 Å². The average Bonchev–Trinajstić information content (AvgIpc) is 2.86. The van der Waals surface area contributed by atoms with Crippen LogP contribution in [0.2, 0.25) is 5.02 Å². The molecule has 0 amide bonds. The number of benzene rings is 1. The van der Waals surface area contributed by atoms with Gasteiger partial charge in [-0.25, -0.2) is 0 Å². The van der Waals surface area contributed by atoms with Gasteiger partial charge >= 0.3 is 0 Å². The largest absolute Gasteiger partial charge is 0.496 e. The van der Waals surface area contributed by atoms with Gasteiger partial charge in [-0.05, 0) is 49.6 Å².